The number of piperidine rings is 1. The van der Waals surface area contributed by atoms with Gasteiger partial charge in [0.1, 0.15) is 11.8 Å². The maximum atomic E-state index is 13.1. The second-order valence-electron chi connectivity index (χ2n) is 7.92. The van der Waals surface area contributed by atoms with Crippen molar-refractivity contribution in [2.75, 3.05) is 30.4 Å². The molecule has 0 radical (unpaired) electrons. The predicted octanol–water partition coefficient (Wildman–Crippen LogP) is 3.46. The van der Waals surface area contributed by atoms with Crippen molar-refractivity contribution in [3.8, 4) is 5.75 Å². The van der Waals surface area contributed by atoms with E-state index in [0.717, 1.165) is 24.9 Å². The van der Waals surface area contributed by atoms with Gasteiger partial charge in [-0.05, 0) is 74.2 Å². The Morgan fingerprint density at radius 1 is 0.968 bits per heavy atom. The number of nitrogens with zero attached hydrogens (tertiary/aromatic N) is 2. The number of hydrogen-bond donors (Lipinski definition) is 1. The van der Waals surface area contributed by atoms with Crippen LogP contribution in [-0.4, -0.2) is 48.9 Å². The number of hydrogen-bond acceptors (Lipinski definition) is 4. The first-order valence-corrected chi connectivity index (χ1v) is 10.7. The van der Waals surface area contributed by atoms with E-state index in [1.165, 1.54) is 0 Å². The molecule has 3 amide bonds. The van der Waals surface area contributed by atoms with Crippen molar-refractivity contribution in [3.05, 3.63) is 54.1 Å². The van der Waals surface area contributed by atoms with E-state index in [-0.39, 0.29) is 17.7 Å². The molecule has 1 N–H and O–H groups in total. The van der Waals surface area contributed by atoms with Crippen LogP contribution in [0.1, 0.15) is 42.5 Å². The molecule has 0 bridgehead atoms. The Labute approximate surface area is 182 Å². The van der Waals surface area contributed by atoms with Gasteiger partial charge in [-0.25, -0.2) is 0 Å². The molecule has 2 heterocycles. The molecular formula is C24H27N3O4. The lowest BCUT2D eigenvalue weighted by Crippen LogP contribution is -2.43. The molecule has 4 rings (SSSR count). The fourth-order valence-electron chi connectivity index (χ4n) is 4.21. The van der Waals surface area contributed by atoms with Crippen LogP contribution in [0.25, 0.3) is 0 Å². The molecule has 31 heavy (non-hydrogen) atoms. The summed E-state index contributed by atoms with van der Waals surface area (Å²) < 4.78 is 5.14. The van der Waals surface area contributed by atoms with Crippen molar-refractivity contribution in [1.82, 2.24) is 4.90 Å². The highest BCUT2D eigenvalue weighted by Gasteiger charge is 2.34. The summed E-state index contributed by atoms with van der Waals surface area (Å²) in [5.41, 5.74) is 2.01. The van der Waals surface area contributed by atoms with Crippen LogP contribution in [0.5, 0.6) is 5.75 Å². The molecule has 7 nitrogen and oxygen atoms in total. The number of amides is 3. The molecule has 0 aliphatic carbocycles. The number of nitrogens with one attached hydrogen (secondary N) is 1. The summed E-state index contributed by atoms with van der Waals surface area (Å²) in [6.07, 6.45) is 3.91. The molecular weight excluding hydrogens is 394 g/mol. The van der Waals surface area contributed by atoms with E-state index < -0.39 is 6.04 Å². The van der Waals surface area contributed by atoms with Crippen molar-refractivity contribution < 1.29 is 19.1 Å². The Balaban J connectivity index is 1.43. The molecule has 2 fully saturated rings. The number of carbonyl (C=O) groups is 3. The minimum Gasteiger partial charge on any atom is -0.497 e. The number of rotatable bonds is 5. The van der Waals surface area contributed by atoms with Crippen molar-refractivity contribution in [1.29, 1.82) is 0 Å². The van der Waals surface area contributed by atoms with Crippen LogP contribution in [0.15, 0.2) is 48.5 Å². The molecule has 1 unspecified atom stereocenters. The third kappa shape index (κ3) is 4.55. The molecule has 162 valence electrons. The van der Waals surface area contributed by atoms with Gasteiger partial charge < -0.3 is 19.9 Å². The maximum absolute atomic E-state index is 13.1. The smallest absolute Gasteiger partial charge is 0.254 e. The summed E-state index contributed by atoms with van der Waals surface area (Å²) in [6, 6.07) is 13.7. The first-order chi connectivity index (χ1) is 15.1. The summed E-state index contributed by atoms with van der Waals surface area (Å²) in [6.45, 7) is 1.26. The zero-order valence-corrected chi connectivity index (χ0v) is 17.7. The molecule has 1 atom stereocenters. The molecule has 2 saturated heterocycles. The number of benzene rings is 2. The van der Waals surface area contributed by atoms with Gasteiger partial charge in [0, 0.05) is 36.4 Å². The fraction of sp³-hybridized carbons (Fsp3) is 0.375. The third-order valence-corrected chi connectivity index (χ3v) is 5.92. The highest BCUT2D eigenvalue weighted by atomic mass is 16.5. The molecule has 2 aromatic carbocycles. The minimum absolute atomic E-state index is 0.125. The van der Waals surface area contributed by atoms with Gasteiger partial charge in [0.05, 0.1) is 7.11 Å². The second kappa shape index (κ2) is 9.20. The lowest BCUT2D eigenvalue weighted by molar-refractivity contribution is -0.120. The summed E-state index contributed by atoms with van der Waals surface area (Å²) in [7, 11) is 1.59. The van der Waals surface area contributed by atoms with Crippen molar-refractivity contribution >= 4 is 29.1 Å². The van der Waals surface area contributed by atoms with E-state index in [2.05, 4.69) is 5.32 Å². The van der Waals surface area contributed by atoms with E-state index in [1.54, 1.807) is 53.3 Å². The van der Waals surface area contributed by atoms with E-state index >= 15 is 0 Å². The van der Waals surface area contributed by atoms with Crippen LogP contribution in [0.2, 0.25) is 0 Å². The summed E-state index contributed by atoms with van der Waals surface area (Å²) >= 11 is 0. The van der Waals surface area contributed by atoms with Gasteiger partial charge in [-0.3, -0.25) is 14.4 Å². The molecule has 2 aliphatic heterocycles. The Morgan fingerprint density at radius 2 is 1.71 bits per heavy atom. The lowest BCUT2D eigenvalue weighted by Gasteiger charge is -2.27. The zero-order valence-electron chi connectivity index (χ0n) is 17.7. The van der Waals surface area contributed by atoms with Crippen LogP contribution in [0.3, 0.4) is 0 Å². The molecule has 2 aromatic rings. The maximum Gasteiger partial charge on any atom is 0.254 e. The van der Waals surface area contributed by atoms with Crippen molar-refractivity contribution in [2.24, 2.45) is 0 Å². The summed E-state index contributed by atoms with van der Waals surface area (Å²) in [5, 5.41) is 2.90. The number of ether oxygens (including phenoxy) is 1. The topological polar surface area (TPSA) is 79.0 Å². The largest absolute Gasteiger partial charge is 0.497 e. The van der Waals surface area contributed by atoms with Crippen molar-refractivity contribution in [3.63, 3.8) is 0 Å². The number of anilines is 2. The highest BCUT2D eigenvalue weighted by molar-refractivity contribution is 6.02. The molecule has 0 aromatic heterocycles. The average molecular weight is 421 g/mol. The van der Waals surface area contributed by atoms with Gasteiger partial charge >= 0.3 is 0 Å². The van der Waals surface area contributed by atoms with Gasteiger partial charge in [0.15, 0.2) is 0 Å². The summed E-state index contributed by atoms with van der Waals surface area (Å²) in [5.74, 6) is 0.487. The summed E-state index contributed by atoms with van der Waals surface area (Å²) in [4.78, 5) is 41.5. The first kappa shape index (κ1) is 20.9. The molecule has 7 heteroatoms. The Bertz CT molecular complexity index is 956. The van der Waals surface area contributed by atoms with Crippen LogP contribution in [-0.2, 0) is 9.59 Å². The number of carbonyl (C=O) groups excluding carboxylic acids is 3. The first-order valence-electron chi connectivity index (χ1n) is 10.7. The fourth-order valence-corrected chi connectivity index (χ4v) is 4.21. The second-order valence-corrected chi connectivity index (χ2v) is 7.92. The van der Waals surface area contributed by atoms with Crippen molar-refractivity contribution in [2.45, 2.75) is 38.1 Å². The van der Waals surface area contributed by atoms with Gasteiger partial charge in [0.25, 0.3) is 5.91 Å². The van der Waals surface area contributed by atoms with Crippen LogP contribution < -0.4 is 15.0 Å². The number of likely N-dealkylation sites (tertiary alicyclic amines) is 1. The van der Waals surface area contributed by atoms with Gasteiger partial charge in [-0.1, -0.05) is 0 Å². The van der Waals surface area contributed by atoms with E-state index in [1.807, 2.05) is 12.1 Å². The van der Waals surface area contributed by atoms with E-state index in [4.69, 9.17) is 4.74 Å². The van der Waals surface area contributed by atoms with Crippen LogP contribution in [0.4, 0.5) is 11.4 Å². The monoisotopic (exact) mass is 421 g/mol. The normalized spacial score (nSPS) is 18.7. The lowest BCUT2D eigenvalue weighted by atomic mass is 10.1. The molecule has 0 saturated carbocycles. The Hall–Kier alpha value is -3.35. The standard InChI is InChI=1S/C24H27N3O4/c1-31-20-13-9-18(10-14-20)25-23(29)21-5-4-16-27(21)24(30)17-7-11-19(12-8-17)26-15-3-2-6-22(26)28/h7-14,21H,2-6,15-16H2,1H3,(H,25,29). The zero-order chi connectivity index (χ0) is 21.8. The predicted molar refractivity (Wildman–Crippen MR) is 118 cm³/mol. The molecule has 0 spiro atoms. The van der Waals surface area contributed by atoms with Gasteiger partial charge in [0.2, 0.25) is 11.8 Å². The third-order valence-electron chi connectivity index (χ3n) is 5.92. The minimum atomic E-state index is -0.502. The SMILES string of the molecule is COc1ccc(NC(=O)C2CCCN2C(=O)c2ccc(N3CCCCC3=O)cc2)cc1. The Kier molecular flexibility index (Phi) is 6.21. The van der Waals surface area contributed by atoms with E-state index in [0.29, 0.717) is 42.9 Å². The highest BCUT2D eigenvalue weighted by Crippen LogP contribution is 2.25. The van der Waals surface area contributed by atoms with E-state index in [9.17, 15) is 14.4 Å². The van der Waals surface area contributed by atoms with Gasteiger partial charge in [-0.2, -0.15) is 0 Å². The average Bonchev–Trinajstić information content (AvgIpc) is 3.30. The Morgan fingerprint density at radius 3 is 2.39 bits per heavy atom. The van der Waals surface area contributed by atoms with Crippen LogP contribution >= 0.6 is 0 Å². The number of methoxy groups -OCH3 is 1. The van der Waals surface area contributed by atoms with Gasteiger partial charge in [-0.15, -0.1) is 0 Å². The quantitative estimate of drug-likeness (QED) is 0.802. The van der Waals surface area contributed by atoms with Crippen LogP contribution in [0, 0.1) is 0 Å². The molecule has 2 aliphatic rings.